The summed E-state index contributed by atoms with van der Waals surface area (Å²) in [7, 11) is 0. The van der Waals surface area contributed by atoms with Crippen molar-refractivity contribution in [2.45, 2.75) is 26.2 Å². The number of unbranched alkanes of at least 4 members (excludes halogenated alkanes) is 1. The largest absolute Gasteiger partial charge is 0.491 e. The number of hydrogen-bond acceptors (Lipinski definition) is 2. The van der Waals surface area contributed by atoms with Crippen LogP contribution >= 0.6 is 0 Å². The third-order valence-electron chi connectivity index (χ3n) is 2.82. The van der Waals surface area contributed by atoms with E-state index in [1.54, 1.807) is 0 Å². The van der Waals surface area contributed by atoms with Crippen LogP contribution in [0.1, 0.15) is 26.2 Å². The van der Waals surface area contributed by atoms with E-state index in [1.165, 1.54) is 18.5 Å². The van der Waals surface area contributed by atoms with Crippen LogP contribution in [0.25, 0.3) is 0 Å². The zero-order valence-electron chi connectivity index (χ0n) is 9.41. The van der Waals surface area contributed by atoms with E-state index in [0.717, 1.165) is 31.9 Å². The van der Waals surface area contributed by atoms with Crippen molar-refractivity contribution in [1.82, 2.24) is 0 Å². The summed E-state index contributed by atoms with van der Waals surface area (Å²) >= 11 is 0. The molecule has 1 aromatic rings. The Kier molecular flexibility index (Phi) is 3.49. The Labute approximate surface area is 91.9 Å². The second-order valence-corrected chi connectivity index (χ2v) is 4.01. The molecule has 0 spiro atoms. The molecule has 0 amide bonds. The predicted octanol–water partition coefficient (Wildman–Crippen LogP) is 3.08. The lowest BCUT2D eigenvalue weighted by atomic mass is 10.2. The Bertz CT molecular complexity index is 311. The molecule has 0 N–H and O–H groups in total. The fourth-order valence-corrected chi connectivity index (χ4v) is 1.98. The molecule has 0 aromatic heterocycles. The van der Waals surface area contributed by atoms with Crippen molar-refractivity contribution >= 4 is 5.69 Å². The molecule has 0 aliphatic carbocycles. The lowest BCUT2D eigenvalue weighted by Gasteiger charge is -2.23. The van der Waals surface area contributed by atoms with E-state index >= 15 is 0 Å². The Morgan fingerprint density at radius 3 is 3.07 bits per heavy atom. The second-order valence-electron chi connectivity index (χ2n) is 4.01. The summed E-state index contributed by atoms with van der Waals surface area (Å²) in [5.74, 6) is 1.05. The highest BCUT2D eigenvalue weighted by Gasteiger charge is 2.14. The maximum absolute atomic E-state index is 5.72. The molecule has 15 heavy (non-hydrogen) atoms. The zero-order valence-corrected chi connectivity index (χ0v) is 9.41. The average Bonchev–Trinajstić information content (AvgIpc) is 2.49. The van der Waals surface area contributed by atoms with Gasteiger partial charge in [0.1, 0.15) is 5.75 Å². The molecule has 1 aliphatic heterocycles. The molecule has 0 unspecified atom stereocenters. The highest BCUT2D eigenvalue weighted by Crippen LogP contribution is 2.30. The fourth-order valence-electron chi connectivity index (χ4n) is 1.98. The van der Waals surface area contributed by atoms with E-state index in [2.05, 4.69) is 30.0 Å². The van der Waals surface area contributed by atoms with Gasteiger partial charge in [-0.2, -0.15) is 0 Å². The SMILES string of the molecule is CCCCN1CCCOc2ccccc21. The first-order valence-electron chi connectivity index (χ1n) is 5.88. The van der Waals surface area contributed by atoms with Crippen LogP contribution in [-0.4, -0.2) is 19.7 Å². The van der Waals surface area contributed by atoms with E-state index in [9.17, 15) is 0 Å². The van der Waals surface area contributed by atoms with Crippen molar-refractivity contribution in [2.75, 3.05) is 24.6 Å². The van der Waals surface area contributed by atoms with Crippen LogP contribution in [-0.2, 0) is 0 Å². The third-order valence-corrected chi connectivity index (χ3v) is 2.82. The zero-order chi connectivity index (χ0) is 10.5. The van der Waals surface area contributed by atoms with E-state index in [0.29, 0.717) is 0 Å². The Morgan fingerprint density at radius 1 is 1.33 bits per heavy atom. The molecule has 2 heteroatoms. The first-order valence-corrected chi connectivity index (χ1v) is 5.88. The molecule has 0 saturated carbocycles. The first-order chi connectivity index (χ1) is 7.42. The van der Waals surface area contributed by atoms with Gasteiger partial charge in [0.25, 0.3) is 0 Å². The van der Waals surface area contributed by atoms with Gasteiger partial charge in [-0.25, -0.2) is 0 Å². The molecular formula is C13H19NO. The summed E-state index contributed by atoms with van der Waals surface area (Å²) in [6.45, 7) is 5.35. The number of ether oxygens (including phenoxy) is 1. The molecule has 0 radical (unpaired) electrons. The molecule has 2 rings (SSSR count). The summed E-state index contributed by atoms with van der Waals surface area (Å²) in [5, 5.41) is 0. The second kappa shape index (κ2) is 5.06. The van der Waals surface area contributed by atoms with Crippen LogP contribution in [0.15, 0.2) is 24.3 Å². The lowest BCUT2D eigenvalue weighted by molar-refractivity contribution is 0.322. The van der Waals surface area contributed by atoms with E-state index in [4.69, 9.17) is 4.74 Å². The van der Waals surface area contributed by atoms with Crippen LogP contribution < -0.4 is 9.64 Å². The van der Waals surface area contributed by atoms with Crippen molar-refractivity contribution in [3.63, 3.8) is 0 Å². The lowest BCUT2D eigenvalue weighted by Crippen LogP contribution is -2.24. The summed E-state index contributed by atoms with van der Waals surface area (Å²) in [4.78, 5) is 2.45. The Hall–Kier alpha value is -1.18. The smallest absolute Gasteiger partial charge is 0.142 e. The van der Waals surface area contributed by atoms with Gasteiger partial charge in [0.05, 0.1) is 12.3 Å². The molecule has 1 aromatic carbocycles. The van der Waals surface area contributed by atoms with E-state index in [-0.39, 0.29) is 0 Å². The van der Waals surface area contributed by atoms with Crippen LogP contribution in [0.5, 0.6) is 5.75 Å². The van der Waals surface area contributed by atoms with Crippen molar-refractivity contribution in [3.8, 4) is 5.75 Å². The van der Waals surface area contributed by atoms with Gasteiger partial charge in [-0.15, -0.1) is 0 Å². The molecular weight excluding hydrogens is 186 g/mol. The van der Waals surface area contributed by atoms with Crippen LogP contribution in [0.4, 0.5) is 5.69 Å². The van der Waals surface area contributed by atoms with Crippen molar-refractivity contribution < 1.29 is 4.74 Å². The van der Waals surface area contributed by atoms with E-state index < -0.39 is 0 Å². The van der Waals surface area contributed by atoms with Gasteiger partial charge in [0.2, 0.25) is 0 Å². The summed E-state index contributed by atoms with van der Waals surface area (Å²) in [5.41, 5.74) is 1.27. The molecule has 0 fully saturated rings. The number of hydrogen-bond donors (Lipinski definition) is 0. The van der Waals surface area contributed by atoms with Gasteiger partial charge in [0, 0.05) is 13.1 Å². The minimum atomic E-state index is 0.847. The molecule has 2 nitrogen and oxygen atoms in total. The van der Waals surface area contributed by atoms with Gasteiger partial charge in [-0.3, -0.25) is 0 Å². The fraction of sp³-hybridized carbons (Fsp3) is 0.538. The summed E-state index contributed by atoms with van der Waals surface area (Å²) in [6.07, 6.45) is 3.63. The minimum Gasteiger partial charge on any atom is -0.491 e. The van der Waals surface area contributed by atoms with Gasteiger partial charge in [-0.05, 0) is 25.0 Å². The Balaban J connectivity index is 2.17. The molecule has 0 atom stereocenters. The maximum atomic E-state index is 5.72. The average molecular weight is 205 g/mol. The Morgan fingerprint density at radius 2 is 2.20 bits per heavy atom. The first kappa shape index (κ1) is 10.3. The van der Waals surface area contributed by atoms with Crippen molar-refractivity contribution in [3.05, 3.63) is 24.3 Å². The topological polar surface area (TPSA) is 12.5 Å². The quantitative estimate of drug-likeness (QED) is 0.752. The van der Waals surface area contributed by atoms with Crippen LogP contribution in [0.3, 0.4) is 0 Å². The summed E-state index contributed by atoms with van der Waals surface area (Å²) < 4.78 is 5.72. The summed E-state index contributed by atoms with van der Waals surface area (Å²) in [6, 6.07) is 8.37. The van der Waals surface area contributed by atoms with Crippen molar-refractivity contribution in [1.29, 1.82) is 0 Å². The minimum absolute atomic E-state index is 0.847. The number of para-hydroxylation sites is 2. The van der Waals surface area contributed by atoms with Gasteiger partial charge >= 0.3 is 0 Å². The van der Waals surface area contributed by atoms with Crippen molar-refractivity contribution in [2.24, 2.45) is 0 Å². The van der Waals surface area contributed by atoms with Gasteiger partial charge in [0.15, 0.2) is 0 Å². The molecule has 0 saturated heterocycles. The number of nitrogens with zero attached hydrogens (tertiary/aromatic N) is 1. The highest BCUT2D eigenvalue weighted by atomic mass is 16.5. The molecule has 82 valence electrons. The number of benzene rings is 1. The maximum Gasteiger partial charge on any atom is 0.142 e. The third kappa shape index (κ3) is 2.44. The standard InChI is InChI=1S/C13H19NO/c1-2-3-9-14-10-6-11-15-13-8-5-4-7-12(13)14/h4-5,7-8H,2-3,6,9-11H2,1H3. The normalized spacial score (nSPS) is 15.4. The van der Waals surface area contributed by atoms with Crippen LogP contribution in [0, 0.1) is 0 Å². The highest BCUT2D eigenvalue weighted by molar-refractivity contribution is 5.58. The number of anilines is 1. The number of fused-ring (bicyclic) bond motifs is 1. The monoisotopic (exact) mass is 205 g/mol. The molecule has 1 aliphatic rings. The van der Waals surface area contributed by atoms with Gasteiger partial charge in [-0.1, -0.05) is 25.5 Å². The van der Waals surface area contributed by atoms with Crippen LogP contribution in [0.2, 0.25) is 0 Å². The van der Waals surface area contributed by atoms with Gasteiger partial charge < -0.3 is 9.64 Å². The molecule has 1 heterocycles. The molecule has 0 bridgehead atoms. The van der Waals surface area contributed by atoms with E-state index in [1.807, 2.05) is 6.07 Å². The predicted molar refractivity (Wildman–Crippen MR) is 63.7 cm³/mol. The number of rotatable bonds is 3.